The van der Waals surface area contributed by atoms with E-state index in [1.165, 1.54) is 12.1 Å². The average Bonchev–Trinajstić information content (AvgIpc) is 2.92. The zero-order valence-corrected chi connectivity index (χ0v) is 11.4. The van der Waals surface area contributed by atoms with Crippen LogP contribution in [0.25, 0.3) is 0 Å². The lowest BCUT2D eigenvalue weighted by atomic mass is 10.2. The van der Waals surface area contributed by atoms with Crippen molar-refractivity contribution in [2.75, 3.05) is 23.9 Å². The smallest absolute Gasteiger partial charge is 0.335 e. The van der Waals surface area contributed by atoms with E-state index in [0.29, 0.717) is 5.69 Å². The summed E-state index contributed by atoms with van der Waals surface area (Å²) in [4.78, 5) is 24.6. The molecule has 1 aliphatic rings. The highest BCUT2D eigenvalue weighted by Gasteiger charge is 2.23. The molecule has 6 heteroatoms. The first-order chi connectivity index (χ1) is 9.08. The third-order valence-electron chi connectivity index (χ3n) is 3.13. The number of carbonyl (C=O) groups is 2. The monoisotopic (exact) mass is 280 g/mol. The molecule has 0 aromatic heterocycles. The Hall–Kier alpha value is -1.69. The first-order valence-electron chi connectivity index (χ1n) is 6.03. The number of nitrogens with one attached hydrogen (secondary N) is 1. The Morgan fingerprint density at radius 2 is 2.26 bits per heavy atom. The standard InChI is InChI=1S/C13H16N2O3S/c1-15(11-5-6-19-8-11)13(18)14-10-4-2-3-9(7-10)12(16)17/h2-4,7,11H,5-6,8H2,1H3,(H,14,18)(H,16,17). The van der Waals surface area contributed by atoms with Gasteiger partial charge in [-0.1, -0.05) is 6.07 Å². The number of rotatable bonds is 3. The third kappa shape index (κ3) is 3.41. The van der Waals surface area contributed by atoms with Gasteiger partial charge in [0.25, 0.3) is 0 Å². The molecule has 0 aliphatic carbocycles. The summed E-state index contributed by atoms with van der Waals surface area (Å²) in [6.07, 6.45) is 1.00. The molecule has 0 radical (unpaired) electrons. The van der Waals surface area contributed by atoms with Gasteiger partial charge in [0.1, 0.15) is 0 Å². The summed E-state index contributed by atoms with van der Waals surface area (Å²) in [7, 11) is 1.77. The van der Waals surface area contributed by atoms with Gasteiger partial charge < -0.3 is 15.3 Å². The summed E-state index contributed by atoms with van der Waals surface area (Å²) < 4.78 is 0. The largest absolute Gasteiger partial charge is 0.478 e. The number of benzene rings is 1. The number of hydrogen-bond donors (Lipinski definition) is 2. The Bertz CT molecular complexity index is 487. The molecule has 19 heavy (non-hydrogen) atoms. The van der Waals surface area contributed by atoms with Crippen molar-refractivity contribution in [3.05, 3.63) is 29.8 Å². The predicted octanol–water partition coefficient (Wildman–Crippen LogP) is 2.35. The Morgan fingerprint density at radius 1 is 1.47 bits per heavy atom. The van der Waals surface area contributed by atoms with Gasteiger partial charge in [-0.05, 0) is 30.4 Å². The van der Waals surface area contributed by atoms with Crippen molar-refractivity contribution in [3.63, 3.8) is 0 Å². The van der Waals surface area contributed by atoms with Gasteiger partial charge in [0.05, 0.1) is 5.56 Å². The minimum atomic E-state index is -1.00. The fraction of sp³-hybridized carbons (Fsp3) is 0.385. The fourth-order valence-electron chi connectivity index (χ4n) is 1.93. The molecule has 2 amide bonds. The fourth-order valence-corrected chi connectivity index (χ4v) is 3.20. The molecule has 0 spiro atoms. The van der Waals surface area contributed by atoms with Crippen LogP contribution >= 0.6 is 11.8 Å². The lowest BCUT2D eigenvalue weighted by Crippen LogP contribution is -2.39. The summed E-state index contributed by atoms with van der Waals surface area (Å²) >= 11 is 1.84. The number of urea groups is 1. The van der Waals surface area contributed by atoms with E-state index < -0.39 is 5.97 Å². The minimum Gasteiger partial charge on any atom is -0.478 e. The molecule has 2 N–H and O–H groups in total. The molecule has 1 unspecified atom stereocenters. The second-order valence-corrected chi connectivity index (χ2v) is 5.59. The maximum atomic E-state index is 12.0. The minimum absolute atomic E-state index is 0.164. The zero-order chi connectivity index (χ0) is 13.8. The van der Waals surface area contributed by atoms with E-state index in [2.05, 4.69) is 5.32 Å². The Kier molecular flexibility index (Phi) is 4.31. The van der Waals surface area contributed by atoms with E-state index in [9.17, 15) is 9.59 Å². The Balaban J connectivity index is 2.01. The molecule has 5 nitrogen and oxygen atoms in total. The van der Waals surface area contributed by atoms with Crippen LogP contribution in [0.4, 0.5) is 10.5 Å². The van der Waals surface area contributed by atoms with Crippen molar-refractivity contribution < 1.29 is 14.7 Å². The number of amides is 2. The topological polar surface area (TPSA) is 69.6 Å². The Morgan fingerprint density at radius 3 is 2.89 bits per heavy atom. The quantitative estimate of drug-likeness (QED) is 0.891. The molecular weight excluding hydrogens is 264 g/mol. The van der Waals surface area contributed by atoms with Crippen molar-refractivity contribution in [2.24, 2.45) is 0 Å². The first-order valence-corrected chi connectivity index (χ1v) is 7.18. The van der Waals surface area contributed by atoms with Crippen molar-refractivity contribution in [2.45, 2.75) is 12.5 Å². The SMILES string of the molecule is CN(C(=O)Nc1cccc(C(=O)O)c1)C1CCSC1. The molecule has 1 atom stereocenters. The number of thioether (sulfide) groups is 1. The van der Waals surface area contributed by atoms with Crippen LogP contribution in [0.15, 0.2) is 24.3 Å². The first kappa shape index (κ1) is 13.7. The zero-order valence-electron chi connectivity index (χ0n) is 10.6. The highest BCUT2D eigenvalue weighted by Crippen LogP contribution is 2.22. The predicted molar refractivity (Wildman–Crippen MR) is 75.9 cm³/mol. The highest BCUT2D eigenvalue weighted by atomic mass is 32.2. The molecule has 1 saturated heterocycles. The van der Waals surface area contributed by atoms with Gasteiger partial charge in [0.15, 0.2) is 0 Å². The van der Waals surface area contributed by atoms with Crippen LogP contribution in [0, 0.1) is 0 Å². The second-order valence-electron chi connectivity index (χ2n) is 4.44. The van der Waals surface area contributed by atoms with E-state index in [4.69, 9.17) is 5.11 Å². The summed E-state index contributed by atoms with van der Waals surface area (Å²) in [6, 6.07) is 6.31. The number of anilines is 1. The summed E-state index contributed by atoms with van der Waals surface area (Å²) in [6.45, 7) is 0. The van der Waals surface area contributed by atoms with Gasteiger partial charge in [-0.15, -0.1) is 0 Å². The van der Waals surface area contributed by atoms with Crippen LogP contribution in [0.1, 0.15) is 16.8 Å². The van der Waals surface area contributed by atoms with Crippen molar-refractivity contribution in [1.82, 2.24) is 4.90 Å². The average molecular weight is 280 g/mol. The number of aromatic carboxylic acids is 1. The molecule has 1 aliphatic heterocycles. The van der Waals surface area contributed by atoms with Crippen molar-refractivity contribution >= 4 is 29.4 Å². The summed E-state index contributed by atoms with van der Waals surface area (Å²) in [5.74, 6) is 1.03. The molecule has 1 fully saturated rings. The molecule has 0 bridgehead atoms. The molecule has 2 rings (SSSR count). The van der Waals surface area contributed by atoms with Gasteiger partial charge in [0.2, 0.25) is 0 Å². The lowest BCUT2D eigenvalue weighted by molar-refractivity contribution is 0.0697. The second kappa shape index (κ2) is 5.97. The summed E-state index contributed by atoms with van der Waals surface area (Å²) in [5.41, 5.74) is 0.666. The van der Waals surface area contributed by atoms with E-state index in [1.807, 2.05) is 11.8 Å². The van der Waals surface area contributed by atoms with E-state index in [0.717, 1.165) is 17.9 Å². The number of carboxylic acids is 1. The van der Waals surface area contributed by atoms with Gasteiger partial charge in [-0.2, -0.15) is 11.8 Å². The van der Waals surface area contributed by atoms with Crippen LogP contribution in [0.3, 0.4) is 0 Å². The van der Waals surface area contributed by atoms with Crippen LogP contribution in [0.5, 0.6) is 0 Å². The molecule has 0 saturated carbocycles. The molecule has 1 aromatic carbocycles. The van der Waals surface area contributed by atoms with Crippen LogP contribution < -0.4 is 5.32 Å². The highest BCUT2D eigenvalue weighted by molar-refractivity contribution is 7.99. The van der Waals surface area contributed by atoms with E-state index in [1.54, 1.807) is 24.1 Å². The molecule has 1 aromatic rings. The van der Waals surface area contributed by atoms with Crippen LogP contribution in [-0.2, 0) is 0 Å². The molecule has 102 valence electrons. The van der Waals surface area contributed by atoms with E-state index in [-0.39, 0.29) is 17.6 Å². The number of nitrogens with zero attached hydrogens (tertiary/aromatic N) is 1. The van der Waals surface area contributed by atoms with Crippen molar-refractivity contribution in [3.8, 4) is 0 Å². The van der Waals surface area contributed by atoms with E-state index >= 15 is 0 Å². The van der Waals surface area contributed by atoms with Crippen LogP contribution in [0.2, 0.25) is 0 Å². The third-order valence-corrected chi connectivity index (χ3v) is 4.28. The summed E-state index contributed by atoms with van der Waals surface area (Å²) in [5, 5.41) is 11.6. The number of hydrogen-bond acceptors (Lipinski definition) is 3. The van der Waals surface area contributed by atoms with Gasteiger partial charge >= 0.3 is 12.0 Å². The molecule has 1 heterocycles. The van der Waals surface area contributed by atoms with Crippen molar-refractivity contribution in [1.29, 1.82) is 0 Å². The number of carboxylic acid groups (broad SMARTS) is 1. The van der Waals surface area contributed by atoms with Gasteiger partial charge in [0, 0.05) is 24.5 Å². The van der Waals surface area contributed by atoms with Crippen LogP contribution in [-0.4, -0.2) is 46.6 Å². The lowest BCUT2D eigenvalue weighted by Gasteiger charge is -2.24. The maximum absolute atomic E-state index is 12.0. The van der Waals surface area contributed by atoms with Gasteiger partial charge in [-0.25, -0.2) is 9.59 Å². The maximum Gasteiger partial charge on any atom is 0.335 e. The Labute approximate surface area is 116 Å². The molecular formula is C13H16N2O3S. The normalized spacial score (nSPS) is 18.1. The van der Waals surface area contributed by atoms with Gasteiger partial charge in [-0.3, -0.25) is 0 Å². The number of carbonyl (C=O) groups excluding carboxylic acids is 1.